The molecule has 1 fully saturated rings. The molecular formula is C18H17ClN2O2S. The molecule has 2 aromatic heterocycles. The maximum absolute atomic E-state index is 12.3. The summed E-state index contributed by atoms with van der Waals surface area (Å²) in [7, 11) is 0. The second-order valence-corrected chi connectivity index (χ2v) is 7.39. The predicted octanol–water partition coefficient (Wildman–Crippen LogP) is 5.31. The molecule has 0 atom stereocenters. The Balaban J connectivity index is 1.65. The molecule has 4 nitrogen and oxygen atoms in total. The molecule has 6 heteroatoms. The summed E-state index contributed by atoms with van der Waals surface area (Å²) in [6.45, 7) is 0. The van der Waals surface area contributed by atoms with Crippen molar-refractivity contribution >= 4 is 39.0 Å². The number of halogens is 1. The second kappa shape index (κ2) is 6.57. The van der Waals surface area contributed by atoms with Crippen LogP contribution in [0.4, 0.5) is 5.13 Å². The smallest absolute Gasteiger partial charge is 0.345 e. The van der Waals surface area contributed by atoms with Crippen molar-refractivity contribution in [3.8, 4) is 11.3 Å². The predicted molar refractivity (Wildman–Crippen MR) is 99.1 cm³/mol. The molecule has 0 spiro atoms. The van der Waals surface area contributed by atoms with Crippen molar-refractivity contribution in [3.63, 3.8) is 0 Å². The van der Waals surface area contributed by atoms with Crippen LogP contribution in [0.3, 0.4) is 0 Å². The Morgan fingerprint density at radius 2 is 2.08 bits per heavy atom. The van der Waals surface area contributed by atoms with Crippen molar-refractivity contribution in [2.24, 2.45) is 0 Å². The van der Waals surface area contributed by atoms with Crippen LogP contribution in [-0.4, -0.2) is 11.0 Å². The molecule has 0 saturated heterocycles. The van der Waals surface area contributed by atoms with Crippen molar-refractivity contribution in [2.45, 2.75) is 38.1 Å². The summed E-state index contributed by atoms with van der Waals surface area (Å²) in [5.41, 5.74) is 1.13. The van der Waals surface area contributed by atoms with Gasteiger partial charge in [0, 0.05) is 16.8 Å². The first-order valence-electron chi connectivity index (χ1n) is 8.15. The third-order valence-electron chi connectivity index (χ3n) is 4.42. The highest BCUT2D eigenvalue weighted by atomic mass is 35.5. The minimum atomic E-state index is -0.412. The lowest BCUT2D eigenvalue weighted by Crippen LogP contribution is -2.22. The number of hydrogen-bond donors (Lipinski definition) is 1. The van der Waals surface area contributed by atoms with E-state index in [-0.39, 0.29) is 0 Å². The van der Waals surface area contributed by atoms with Gasteiger partial charge in [-0.3, -0.25) is 0 Å². The molecule has 3 aromatic rings. The summed E-state index contributed by atoms with van der Waals surface area (Å²) in [5, 5.41) is 7.49. The molecule has 0 bridgehead atoms. The molecule has 24 heavy (non-hydrogen) atoms. The molecule has 1 saturated carbocycles. The zero-order chi connectivity index (χ0) is 16.5. The van der Waals surface area contributed by atoms with E-state index in [1.807, 2.05) is 17.5 Å². The van der Waals surface area contributed by atoms with Gasteiger partial charge < -0.3 is 9.73 Å². The van der Waals surface area contributed by atoms with Crippen molar-refractivity contribution in [3.05, 3.63) is 45.1 Å². The van der Waals surface area contributed by atoms with E-state index in [1.54, 1.807) is 12.1 Å². The van der Waals surface area contributed by atoms with Crippen molar-refractivity contribution in [2.75, 3.05) is 5.32 Å². The average Bonchev–Trinajstić information content (AvgIpc) is 3.04. The highest BCUT2D eigenvalue weighted by molar-refractivity contribution is 7.14. The molecule has 0 aliphatic heterocycles. The van der Waals surface area contributed by atoms with Crippen LogP contribution in [0.25, 0.3) is 22.2 Å². The van der Waals surface area contributed by atoms with E-state index >= 15 is 0 Å². The lowest BCUT2D eigenvalue weighted by Gasteiger charge is -2.22. The summed E-state index contributed by atoms with van der Waals surface area (Å²) in [5.74, 6) is 0. The van der Waals surface area contributed by atoms with Crippen LogP contribution in [0.5, 0.6) is 0 Å². The number of hydrogen-bond acceptors (Lipinski definition) is 5. The van der Waals surface area contributed by atoms with Crippen molar-refractivity contribution in [1.82, 2.24) is 4.98 Å². The highest BCUT2D eigenvalue weighted by Gasteiger charge is 2.16. The fourth-order valence-electron chi connectivity index (χ4n) is 3.17. The summed E-state index contributed by atoms with van der Waals surface area (Å²) in [6.07, 6.45) is 6.23. The lowest BCUT2D eigenvalue weighted by atomic mass is 9.96. The molecular weight excluding hydrogens is 344 g/mol. The minimum absolute atomic E-state index is 0.412. The van der Waals surface area contributed by atoms with Gasteiger partial charge in [0.1, 0.15) is 0 Å². The van der Waals surface area contributed by atoms with E-state index in [1.165, 1.54) is 43.4 Å². The number of nitrogens with one attached hydrogen (secondary N) is 1. The van der Waals surface area contributed by atoms with E-state index in [4.69, 9.17) is 16.0 Å². The summed E-state index contributed by atoms with van der Waals surface area (Å²) < 4.78 is 5.39. The number of nitrogens with zero attached hydrogens (tertiary/aromatic N) is 1. The van der Waals surface area contributed by atoms with Gasteiger partial charge in [-0.15, -0.1) is 11.3 Å². The Bertz CT molecular complexity index is 928. The monoisotopic (exact) mass is 360 g/mol. The van der Waals surface area contributed by atoms with Crippen LogP contribution in [0, 0.1) is 0 Å². The van der Waals surface area contributed by atoms with Crippen LogP contribution in [0.1, 0.15) is 32.1 Å². The summed E-state index contributed by atoms with van der Waals surface area (Å²) >= 11 is 7.61. The number of benzene rings is 1. The van der Waals surface area contributed by atoms with Gasteiger partial charge in [-0.25, -0.2) is 9.78 Å². The van der Waals surface area contributed by atoms with Gasteiger partial charge in [0.2, 0.25) is 0 Å². The van der Waals surface area contributed by atoms with Gasteiger partial charge in [-0.2, -0.15) is 0 Å². The first kappa shape index (κ1) is 15.7. The van der Waals surface area contributed by atoms with E-state index in [2.05, 4.69) is 10.3 Å². The molecule has 4 rings (SSSR count). The van der Waals surface area contributed by atoms with Crippen LogP contribution in [0.15, 0.2) is 38.9 Å². The van der Waals surface area contributed by atoms with Crippen LogP contribution in [0.2, 0.25) is 5.02 Å². The Hall–Kier alpha value is -1.85. The fraction of sp³-hybridized carbons (Fsp3) is 0.333. The number of para-hydroxylation sites is 1. The van der Waals surface area contributed by atoms with E-state index < -0.39 is 5.63 Å². The van der Waals surface area contributed by atoms with Gasteiger partial charge in [0.25, 0.3) is 0 Å². The van der Waals surface area contributed by atoms with Gasteiger partial charge >= 0.3 is 5.63 Å². The number of aromatic nitrogens is 1. The van der Waals surface area contributed by atoms with Crippen LogP contribution >= 0.6 is 22.9 Å². The normalized spacial score (nSPS) is 15.7. The Labute approximate surface area is 148 Å². The Morgan fingerprint density at radius 3 is 2.92 bits per heavy atom. The lowest BCUT2D eigenvalue weighted by molar-refractivity contribution is 0.462. The van der Waals surface area contributed by atoms with E-state index in [0.717, 1.165) is 10.5 Å². The summed E-state index contributed by atoms with van der Waals surface area (Å²) in [6, 6.07) is 7.71. The number of fused-ring (bicyclic) bond motifs is 1. The molecule has 1 aromatic carbocycles. The third-order valence-corrected chi connectivity index (χ3v) is 5.50. The molecule has 0 unspecified atom stereocenters. The first-order chi connectivity index (χ1) is 11.7. The standard InChI is InChI=1S/C18H17ClN2O2S/c19-14-8-4-5-11-9-13(17(22)23-16(11)14)15-10-24-18(21-15)20-12-6-2-1-3-7-12/h4-5,8-10,12H,1-3,6-7H2,(H,20,21). The molecule has 124 valence electrons. The zero-order valence-electron chi connectivity index (χ0n) is 13.0. The topological polar surface area (TPSA) is 55.1 Å². The van der Waals surface area contributed by atoms with Gasteiger partial charge in [-0.05, 0) is 25.0 Å². The molecule has 1 N–H and O–H groups in total. The largest absolute Gasteiger partial charge is 0.421 e. The summed E-state index contributed by atoms with van der Waals surface area (Å²) in [4.78, 5) is 16.9. The second-order valence-electron chi connectivity index (χ2n) is 6.12. The van der Waals surface area contributed by atoms with Gasteiger partial charge in [-0.1, -0.05) is 43.0 Å². The maximum Gasteiger partial charge on any atom is 0.345 e. The number of rotatable bonds is 3. The number of anilines is 1. The quantitative estimate of drug-likeness (QED) is 0.642. The van der Waals surface area contributed by atoms with Crippen LogP contribution in [-0.2, 0) is 0 Å². The van der Waals surface area contributed by atoms with E-state index in [9.17, 15) is 4.79 Å². The minimum Gasteiger partial charge on any atom is -0.421 e. The number of thiazole rings is 1. The average molecular weight is 361 g/mol. The SMILES string of the molecule is O=c1oc2c(Cl)cccc2cc1-c1csc(NC2CCCCC2)n1. The molecule has 1 aliphatic carbocycles. The molecule has 0 amide bonds. The maximum atomic E-state index is 12.3. The van der Waals surface area contributed by atoms with Crippen LogP contribution < -0.4 is 10.9 Å². The Kier molecular flexibility index (Phi) is 4.29. The van der Waals surface area contributed by atoms with Crippen molar-refractivity contribution in [1.29, 1.82) is 0 Å². The first-order valence-corrected chi connectivity index (χ1v) is 9.41. The van der Waals surface area contributed by atoms with Crippen molar-refractivity contribution < 1.29 is 4.42 Å². The third kappa shape index (κ3) is 3.06. The van der Waals surface area contributed by atoms with Gasteiger partial charge in [0.15, 0.2) is 10.7 Å². The molecule has 0 radical (unpaired) electrons. The molecule has 1 aliphatic rings. The zero-order valence-corrected chi connectivity index (χ0v) is 14.6. The Morgan fingerprint density at radius 1 is 1.25 bits per heavy atom. The van der Waals surface area contributed by atoms with Gasteiger partial charge in [0.05, 0.1) is 16.3 Å². The molecule has 2 heterocycles. The fourth-order valence-corrected chi connectivity index (χ4v) is 4.18. The van der Waals surface area contributed by atoms with E-state index in [0.29, 0.717) is 27.9 Å². The highest BCUT2D eigenvalue weighted by Crippen LogP contribution is 2.29.